The third-order valence-electron chi connectivity index (χ3n) is 1.02. The minimum atomic E-state index is -0.0550. The van der Waals surface area contributed by atoms with Crippen LogP contribution in [0, 0.1) is 0 Å². The van der Waals surface area contributed by atoms with E-state index in [1.54, 1.807) is 6.08 Å². The van der Waals surface area contributed by atoms with E-state index in [1.165, 1.54) is 0 Å². The van der Waals surface area contributed by atoms with Gasteiger partial charge in [0, 0.05) is 6.42 Å². The average Bonchev–Trinajstić information content (AvgIpc) is 1.87. The number of nitrogens with one attached hydrogen (secondary N) is 1. The first-order chi connectivity index (χ1) is 5.16. The van der Waals surface area contributed by atoms with Crippen molar-refractivity contribution in [1.29, 1.82) is 0 Å². The van der Waals surface area contributed by atoms with Crippen LogP contribution in [0.25, 0.3) is 0 Å². The first-order valence-electron chi connectivity index (χ1n) is 3.66. The molecule has 0 saturated carbocycles. The van der Waals surface area contributed by atoms with Crippen LogP contribution in [0.2, 0.25) is 0 Å². The van der Waals surface area contributed by atoms with Gasteiger partial charge in [0.1, 0.15) is 6.73 Å². The summed E-state index contributed by atoms with van der Waals surface area (Å²) in [6, 6.07) is 0. The molecule has 0 aliphatic carbocycles. The molecule has 0 aromatic heterocycles. The van der Waals surface area contributed by atoms with Crippen molar-refractivity contribution in [3.63, 3.8) is 0 Å². The number of ether oxygens (including phenoxy) is 1. The fourth-order valence-electron chi connectivity index (χ4n) is 0.492. The summed E-state index contributed by atoms with van der Waals surface area (Å²) in [5, 5.41) is 2.58. The fourth-order valence-corrected chi connectivity index (χ4v) is 0.492. The molecule has 0 rings (SSSR count). The average molecular weight is 157 g/mol. The van der Waals surface area contributed by atoms with E-state index in [0.717, 1.165) is 0 Å². The van der Waals surface area contributed by atoms with Crippen LogP contribution in [0.4, 0.5) is 0 Å². The molecule has 0 fully saturated rings. The number of rotatable bonds is 5. The Hall–Kier alpha value is -0.830. The largest absolute Gasteiger partial charge is 0.359 e. The van der Waals surface area contributed by atoms with Gasteiger partial charge in [-0.15, -0.1) is 6.58 Å². The molecular formula is C8H15NO2. The molecule has 0 radical (unpaired) electrons. The van der Waals surface area contributed by atoms with Crippen molar-refractivity contribution in [1.82, 2.24) is 5.32 Å². The van der Waals surface area contributed by atoms with Gasteiger partial charge >= 0.3 is 0 Å². The van der Waals surface area contributed by atoms with Crippen molar-refractivity contribution in [2.24, 2.45) is 0 Å². The normalized spacial score (nSPS) is 9.73. The smallest absolute Gasteiger partial charge is 0.225 e. The highest BCUT2D eigenvalue weighted by atomic mass is 16.5. The molecule has 11 heavy (non-hydrogen) atoms. The van der Waals surface area contributed by atoms with Crippen LogP contribution in [0.15, 0.2) is 12.7 Å². The molecule has 0 bridgehead atoms. The van der Waals surface area contributed by atoms with Crippen LogP contribution in [0.5, 0.6) is 0 Å². The van der Waals surface area contributed by atoms with Gasteiger partial charge in [-0.05, 0) is 13.8 Å². The Morgan fingerprint density at radius 2 is 2.36 bits per heavy atom. The zero-order chi connectivity index (χ0) is 8.69. The van der Waals surface area contributed by atoms with Crippen molar-refractivity contribution in [3.05, 3.63) is 12.7 Å². The third-order valence-corrected chi connectivity index (χ3v) is 1.02. The lowest BCUT2D eigenvalue weighted by Crippen LogP contribution is -2.26. The maximum atomic E-state index is 10.8. The molecule has 0 aromatic carbocycles. The predicted octanol–water partition coefficient (Wildman–Crippen LogP) is 1.06. The molecule has 3 nitrogen and oxygen atoms in total. The molecule has 0 aliphatic heterocycles. The summed E-state index contributed by atoms with van der Waals surface area (Å²) >= 11 is 0. The van der Waals surface area contributed by atoms with Crippen molar-refractivity contribution in [2.75, 3.05) is 6.73 Å². The third kappa shape index (κ3) is 7.06. The summed E-state index contributed by atoms with van der Waals surface area (Å²) in [6.07, 6.45) is 2.06. The van der Waals surface area contributed by atoms with E-state index >= 15 is 0 Å². The Labute approximate surface area is 67.4 Å². The van der Waals surface area contributed by atoms with Crippen molar-refractivity contribution >= 4 is 5.91 Å². The van der Waals surface area contributed by atoms with E-state index in [1.807, 2.05) is 13.8 Å². The SMILES string of the molecule is C=CCC(=O)NCOC(C)C. The van der Waals surface area contributed by atoms with E-state index < -0.39 is 0 Å². The molecule has 0 heterocycles. The van der Waals surface area contributed by atoms with Crippen LogP contribution < -0.4 is 5.32 Å². The van der Waals surface area contributed by atoms with Gasteiger partial charge in [0.2, 0.25) is 5.91 Å². The van der Waals surface area contributed by atoms with E-state index in [2.05, 4.69) is 11.9 Å². The van der Waals surface area contributed by atoms with Gasteiger partial charge in [0.15, 0.2) is 0 Å². The highest BCUT2D eigenvalue weighted by Gasteiger charge is 1.96. The monoisotopic (exact) mass is 157 g/mol. The predicted molar refractivity (Wildman–Crippen MR) is 44.0 cm³/mol. The Bertz CT molecular complexity index is 132. The second-order valence-corrected chi connectivity index (χ2v) is 2.45. The van der Waals surface area contributed by atoms with Crippen LogP contribution in [0.3, 0.4) is 0 Å². The number of carbonyl (C=O) groups is 1. The Morgan fingerprint density at radius 1 is 1.73 bits per heavy atom. The molecule has 0 atom stereocenters. The highest BCUT2D eigenvalue weighted by Crippen LogP contribution is 1.85. The Balaban J connectivity index is 3.24. The quantitative estimate of drug-likeness (QED) is 0.478. The first-order valence-corrected chi connectivity index (χ1v) is 3.66. The zero-order valence-electron chi connectivity index (χ0n) is 7.09. The van der Waals surface area contributed by atoms with E-state index in [9.17, 15) is 4.79 Å². The lowest BCUT2D eigenvalue weighted by atomic mass is 10.4. The zero-order valence-corrected chi connectivity index (χ0v) is 7.09. The van der Waals surface area contributed by atoms with Crippen molar-refractivity contribution < 1.29 is 9.53 Å². The summed E-state index contributed by atoms with van der Waals surface area (Å²) in [5.74, 6) is -0.0550. The van der Waals surface area contributed by atoms with Gasteiger partial charge < -0.3 is 10.1 Å². The van der Waals surface area contributed by atoms with Gasteiger partial charge in [-0.2, -0.15) is 0 Å². The number of amides is 1. The van der Waals surface area contributed by atoms with Crippen LogP contribution in [-0.4, -0.2) is 18.7 Å². The summed E-state index contributed by atoms with van der Waals surface area (Å²) in [5.41, 5.74) is 0. The Kier molecular flexibility index (Phi) is 5.47. The minimum Gasteiger partial charge on any atom is -0.359 e. The summed E-state index contributed by atoms with van der Waals surface area (Å²) in [7, 11) is 0. The highest BCUT2D eigenvalue weighted by molar-refractivity contribution is 5.77. The van der Waals surface area contributed by atoms with Gasteiger partial charge in [-0.25, -0.2) is 0 Å². The summed E-state index contributed by atoms with van der Waals surface area (Å²) in [6.45, 7) is 7.56. The first kappa shape index (κ1) is 10.2. The van der Waals surface area contributed by atoms with Crippen molar-refractivity contribution in [2.45, 2.75) is 26.4 Å². The topological polar surface area (TPSA) is 38.3 Å². The minimum absolute atomic E-state index is 0.0550. The Morgan fingerprint density at radius 3 is 2.82 bits per heavy atom. The van der Waals surface area contributed by atoms with Crippen LogP contribution >= 0.6 is 0 Å². The van der Waals surface area contributed by atoms with E-state index in [-0.39, 0.29) is 18.7 Å². The molecule has 0 aliphatic rings. The number of hydrogen-bond donors (Lipinski definition) is 1. The molecule has 0 aromatic rings. The lowest BCUT2D eigenvalue weighted by molar-refractivity contribution is -0.122. The maximum absolute atomic E-state index is 10.8. The molecule has 0 spiro atoms. The molecule has 1 amide bonds. The second-order valence-electron chi connectivity index (χ2n) is 2.45. The molecule has 3 heteroatoms. The van der Waals surface area contributed by atoms with Gasteiger partial charge in [0.25, 0.3) is 0 Å². The standard InChI is InChI=1S/C8H15NO2/c1-4-5-8(10)9-6-11-7(2)3/h4,7H,1,5-6H2,2-3H3,(H,9,10). The number of carbonyl (C=O) groups excluding carboxylic acids is 1. The van der Waals surface area contributed by atoms with Gasteiger partial charge in [-0.3, -0.25) is 4.79 Å². The van der Waals surface area contributed by atoms with Gasteiger partial charge in [-0.1, -0.05) is 6.08 Å². The van der Waals surface area contributed by atoms with E-state index in [0.29, 0.717) is 6.42 Å². The van der Waals surface area contributed by atoms with Gasteiger partial charge in [0.05, 0.1) is 6.10 Å². The van der Waals surface area contributed by atoms with Crippen molar-refractivity contribution in [3.8, 4) is 0 Å². The molecule has 1 N–H and O–H groups in total. The molecule has 0 saturated heterocycles. The molecular weight excluding hydrogens is 142 g/mol. The van der Waals surface area contributed by atoms with Crippen LogP contribution in [-0.2, 0) is 9.53 Å². The van der Waals surface area contributed by atoms with E-state index in [4.69, 9.17) is 4.74 Å². The summed E-state index contributed by atoms with van der Waals surface area (Å²) in [4.78, 5) is 10.8. The maximum Gasteiger partial charge on any atom is 0.225 e. The number of hydrogen-bond acceptors (Lipinski definition) is 2. The molecule has 64 valence electrons. The fraction of sp³-hybridized carbons (Fsp3) is 0.625. The molecule has 0 unspecified atom stereocenters. The second kappa shape index (κ2) is 5.92. The van der Waals surface area contributed by atoms with Crippen LogP contribution in [0.1, 0.15) is 20.3 Å². The lowest BCUT2D eigenvalue weighted by Gasteiger charge is -2.07. The summed E-state index contributed by atoms with van der Waals surface area (Å²) < 4.78 is 5.09.